The molecule has 1 aliphatic rings. The lowest BCUT2D eigenvalue weighted by Gasteiger charge is -2.23. The average molecular weight is 304 g/mol. The SMILES string of the molecule is CC(C)CN(C1CC1)S(=O)(=O)c1cnc(N)c(Cl)c1. The summed E-state index contributed by atoms with van der Waals surface area (Å²) >= 11 is 5.86. The van der Waals surface area contributed by atoms with Crippen molar-refractivity contribution in [1.29, 1.82) is 0 Å². The lowest BCUT2D eigenvalue weighted by atomic mass is 10.2. The highest BCUT2D eigenvalue weighted by Gasteiger charge is 2.38. The van der Waals surface area contributed by atoms with Crippen molar-refractivity contribution in [2.75, 3.05) is 12.3 Å². The predicted molar refractivity (Wildman–Crippen MR) is 75.4 cm³/mol. The van der Waals surface area contributed by atoms with E-state index < -0.39 is 10.0 Å². The molecule has 1 fully saturated rings. The van der Waals surface area contributed by atoms with Crippen LogP contribution in [0.5, 0.6) is 0 Å². The minimum absolute atomic E-state index is 0.110. The molecule has 0 bridgehead atoms. The van der Waals surface area contributed by atoms with Crippen molar-refractivity contribution in [2.45, 2.75) is 37.6 Å². The van der Waals surface area contributed by atoms with E-state index in [0.717, 1.165) is 12.8 Å². The van der Waals surface area contributed by atoms with Gasteiger partial charge in [0, 0.05) is 18.8 Å². The number of sulfonamides is 1. The van der Waals surface area contributed by atoms with Crippen LogP contribution in [0.15, 0.2) is 17.2 Å². The first kappa shape index (κ1) is 14.6. The smallest absolute Gasteiger partial charge is 0.244 e. The molecular formula is C12H18ClN3O2S. The molecule has 19 heavy (non-hydrogen) atoms. The van der Waals surface area contributed by atoms with Crippen molar-refractivity contribution in [1.82, 2.24) is 9.29 Å². The molecule has 7 heteroatoms. The highest BCUT2D eigenvalue weighted by Crippen LogP contribution is 2.33. The summed E-state index contributed by atoms with van der Waals surface area (Å²) in [6.07, 6.45) is 3.11. The molecule has 0 aromatic carbocycles. The molecule has 2 rings (SSSR count). The summed E-state index contributed by atoms with van der Waals surface area (Å²) in [6, 6.07) is 1.48. The molecule has 106 valence electrons. The Bertz CT molecular complexity index is 570. The number of halogens is 1. The summed E-state index contributed by atoms with van der Waals surface area (Å²) in [5, 5.41) is 0.168. The maximum atomic E-state index is 12.6. The second kappa shape index (κ2) is 5.26. The van der Waals surface area contributed by atoms with Crippen molar-refractivity contribution in [3.8, 4) is 0 Å². The van der Waals surface area contributed by atoms with Gasteiger partial charge < -0.3 is 5.73 Å². The van der Waals surface area contributed by atoms with Crippen molar-refractivity contribution < 1.29 is 8.42 Å². The Labute approximate surface area is 118 Å². The van der Waals surface area contributed by atoms with E-state index in [4.69, 9.17) is 17.3 Å². The summed E-state index contributed by atoms with van der Waals surface area (Å²) in [4.78, 5) is 3.94. The van der Waals surface area contributed by atoms with Crippen molar-refractivity contribution in [3.05, 3.63) is 17.3 Å². The third-order valence-electron chi connectivity index (χ3n) is 2.95. The molecule has 0 spiro atoms. The van der Waals surface area contributed by atoms with Crippen LogP contribution in [0, 0.1) is 5.92 Å². The van der Waals surface area contributed by atoms with Crippen LogP contribution in [0.3, 0.4) is 0 Å². The number of pyridine rings is 1. The number of hydrogen-bond donors (Lipinski definition) is 1. The summed E-state index contributed by atoms with van der Waals surface area (Å²) < 4.78 is 26.8. The molecule has 1 saturated carbocycles. The van der Waals surface area contributed by atoms with Crippen LogP contribution in [0.1, 0.15) is 26.7 Å². The molecule has 1 heterocycles. The molecule has 5 nitrogen and oxygen atoms in total. The van der Waals surface area contributed by atoms with Crippen LogP contribution in [0.4, 0.5) is 5.82 Å². The molecule has 0 atom stereocenters. The third-order valence-corrected chi connectivity index (χ3v) is 5.14. The Balaban J connectivity index is 2.35. The van der Waals surface area contributed by atoms with Gasteiger partial charge in [-0.1, -0.05) is 25.4 Å². The third kappa shape index (κ3) is 3.19. The lowest BCUT2D eigenvalue weighted by Crippen LogP contribution is -2.36. The fraction of sp³-hybridized carbons (Fsp3) is 0.583. The minimum Gasteiger partial charge on any atom is -0.382 e. The zero-order valence-electron chi connectivity index (χ0n) is 11.0. The van der Waals surface area contributed by atoms with Gasteiger partial charge in [-0.05, 0) is 24.8 Å². The van der Waals surface area contributed by atoms with E-state index >= 15 is 0 Å². The Morgan fingerprint density at radius 3 is 2.63 bits per heavy atom. The molecule has 1 aromatic rings. The maximum Gasteiger partial charge on any atom is 0.244 e. The Kier molecular flexibility index (Phi) is 4.03. The summed E-state index contributed by atoms with van der Waals surface area (Å²) in [5.74, 6) is 0.412. The molecule has 0 saturated heterocycles. The van der Waals surface area contributed by atoms with Crippen LogP contribution in [-0.2, 0) is 10.0 Å². The number of aromatic nitrogens is 1. The van der Waals surface area contributed by atoms with Gasteiger partial charge in [0.1, 0.15) is 10.7 Å². The first-order valence-electron chi connectivity index (χ1n) is 6.25. The Hall–Kier alpha value is -0.850. The van der Waals surface area contributed by atoms with E-state index in [9.17, 15) is 8.42 Å². The van der Waals surface area contributed by atoms with E-state index in [1.54, 1.807) is 4.31 Å². The molecule has 0 aliphatic heterocycles. The Morgan fingerprint density at radius 2 is 2.16 bits per heavy atom. The van der Waals surface area contributed by atoms with Crippen molar-refractivity contribution in [2.24, 2.45) is 5.92 Å². The average Bonchev–Trinajstić information content (AvgIpc) is 3.13. The normalized spacial score (nSPS) is 16.3. The lowest BCUT2D eigenvalue weighted by molar-refractivity contribution is 0.360. The molecule has 0 unspecified atom stereocenters. The van der Waals surface area contributed by atoms with Crippen LogP contribution in [-0.4, -0.2) is 30.3 Å². The van der Waals surface area contributed by atoms with Gasteiger partial charge >= 0.3 is 0 Å². The zero-order valence-corrected chi connectivity index (χ0v) is 12.6. The van der Waals surface area contributed by atoms with Crippen LogP contribution >= 0.6 is 11.6 Å². The second-order valence-electron chi connectivity index (χ2n) is 5.24. The molecule has 2 N–H and O–H groups in total. The molecule has 1 aromatic heterocycles. The number of nitrogens with two attached hydrogens (primary N) is 1. The van der Waals surface area contributed by atoms with E-state index in [1.807, 2.05) is 13.8 Å². The molecule has 1 aliphatic carbocycles. The quantitative estimate of drug-likeness (QED) is 0.904. The van der Waals surface area contributed by atoms with Gasteiger partial charge in [-0.15, -0.1) is 0 Å². The van der Waals surface area contributed by atoms with Crippen LogP contribution in [0.2, 0.25) is 5.02 Å². The summed E-state index contributed by atoms with van der Waals surface area (Å²) in [7, 11) is -3.54. The first-order chi connectivity index (χ1) is 8.82. The van der Waals surface area contributed by atoms with Crippen LogP contribution < -0.4 is 5.73 Å². The van der Waals surface area contributed by atoms with Gasteiger partial charge in [0.2, 0.25) is 10.0 Å². The maximum absolute atomic E-state index is 12.6. The fourth-order valence-corrected chi connectivity index (χ4v) is 3.93. The van der Waals surface area contributed by atoms with E-state index in [-0.39, 0.29) is 27.7 Å². The van der Waals surface area contributed by atoms with Gasteiger partial charge in [-0.2, -0.15) is 4.31 Å². The highest BCUT2D eigenvalue weighted by atomic mass is 35.5. The molecule has 0 amide bonds. The summed E-state index contributed by atoms with van der Waals surface area (Å²) in [5.41, 5.74) is 5.51. The molecule has 0 radical (unpaired) electrons. The number of nitrogens with zero attached hydrogens (tertiary/aromatic N) is 2. The topological polar surface area (TPSA) is 76.3 Å². The number of anilines is 1. The zero-order chi connectivity index (χ0) is 14.2. The van der Waals surface area contributed by atoms with Gasteiger partial charge in [0.05, 0.1) is 5.02 Å². The van der Waals surface area contributed by atoms with E-state index in [0.29, 0.717) is 6.54 Å². The summed E-state index contributed by atoms with van der Waals surface area (Å²) in [6.45, 7) is 4.51. The highest BCUT2D eigenvalue weighted by molar-refractivity contribution is 7.89. The van der Waals surface area contributed by atoms with Gasteiger partial charge in [-0.3, -0.25) is 0 Å². The second-order valence-corrected chi connectivity index (χ2v) is 7.54. The van der Waals surface area contributed by atoms with E-state index in [1.165, 1.54) is 12.3 Å². The van der Waals surface area contributed by atoms with Crippen molar-refractivity contribution in [3.63, 3.8) is 0 Å². The fourth-order valence-electron chi connectivity index (χ4n) is 1.87. The van der Waals surface area contributed by atoms with Gasteiger partial charge in [0.15, 0.2) is 0 Å². The largest absolute Gasteiger partial charge is 0.382 e. The van der Waals surface area contributed by atoms with Gasteiger partial charge in [-0.25, -0.2) is 13.4 Å². The molecular weight excluding hydrogens is 286 g/mol. The van der Waals surface area contributed by atoms with Crippen LogP contribution in [0.25, 0.3) is 0 Å². The predicted octanol–water partition coefficient (Wildman–Crippen LogP) is 2.13. The first-order valence-corrected chi connectivity index (χ1v) is 8.07. The monoisotopic (exact) mass is 303 g/mol. The van der Waals surface area contributed by atoms with E-state index in [2.05, 4.69) is 4.98 Å². The van der Waals surface area contributed by atoms with Gasteiger partial charge in [0.25, 0.3) is 0 Å². The Morgan fingerprint density at radius 1 is 1.53 bits per heavy atom. The standard InChI is InChI=1S/C12H18ClN3O2S/c1-8(2)7-16(9-3-4-9)19(17,18)10-5-11(13)12(14)15-6-10/h5-6,8-9H,3-4,7H2,1-2H3,(H2,14,15). The van der Waals surface area contributed by atoms with Crippen molar-refractivity contribution >= 4 is 27.4 Å². The minimum atomic E-state index is -3.54. The number of hydrogen-bond acceptors (Lipinski definition) is 4. The number of rotatable bonds is 5. The number of nitrogen functional groups attached to an aromatic ring is 1.